The number of rotatable bonds is 6. The lowest BCUT2D eigenvalue weighted by molar-refractivity contribution is 0.0161. The molecule has 0 saturated carbocycles. The number of ether oxygens (including phenoxy) is 1. The van der Waals surface area contributed by atoms with Crippen molar-refractivity contribution in [2.24, 2.45) is 0 Å². The highest BCUT2D eigenvalue weighted by Gasteiger charge is 2.24. The van der Waals surface area contributed by atoms with E-state index in [0.29, 0.717) is 25.3 Å². The Labute approximate surface area is 206 Å². The van der Waals surface area contributed by atoms with E-state index in [9.17, 15) is 4.79 Å². The second kappa shape index (κ2) is 11.1. The van der Waals surface area contributed by atoms with E-state index < -0.39 is 0 Å². The highest BCUT2D eigenvalue weighted by molar-refractivity contribution is 6.06. The minimum absolute atomic E-state index is 0.00816. The first-order chi connectivity index (χ1) is 17.2. The number of fused-ring (bicyclic) bond motifs is 1. The van der Waals surface area contributed by atoms with Gasteiger partial charge in [0.2, 0.25) is 0 Å². The van der Waals surface area contributed by atoms with Gasteiger partial charge in [-0.3, -0.25) is 9.69 Å². The number of anilines is 1. The molecule has 8 nitrogen and oxygen atoms in total. The van der Waals surface area contributed by atoms with Crippen molar-refractivity contribution in [1.29, 1.82) is 0 Å². The maximum Gasteiger partial charge on any atom is 0.252 e. The van der Waals surface area contributed by atoms with Crippen LogP contribution in [-0.4, -0.2) is 71.7 Å². The summed E-state index contributed by atoms with van der Waals surface area (Å²) in [7, 11) is 0. The van der Waals surface area contributed by atoms with Gasteiger partial charge < -0.3 is 15.0 Å². The first-order valence-electron chi connectivity index (χ1n) is 12.7. The number of nitrogens with one attached hydrogen (secondary N) is 1. The first-order valence-corrected chi connectivity index (χ1v) is 12.7. The van der Waals surface area contributed by atoms with Gasteiger partial charge in [0.15, 0.2) is 0 Å². The van der Waals surface area contributed by atoms with Crippen LogP contribution in [-0.2, 0) is 4.74 Å². The van der Waals surface area contributed by atoms with Gasteiger partial charge in [-0.15, -0.1) is 0 Å². The molecule has 1 amide bonds. The van der Waals surface area contributed by atoms with Crippen LogP contribution in [0.5, 0.6) is 0 Å². The van der Waals surface area contributed by atoms with Gasteiger partial charge in [-0.2, -0.15) is 0 Å². The zero-order chi connectivity index (χ0) is 24.0. The minimum atomic E-state index is -0.0915. The summed E-state index contributed by atoms with van der Waals surface area (Å²) in [5, 5.41) is 4.05. The van der Waals surface area contributed by atoms with Crippen molar-refractivity contribution < 1.29 is 9.53 Å². The number of carbonyl (C=O) groups is 1. The lowest BCUT2D eigenvalue weighted by Crippen LogP contribution is -2.44. The maximum absolute atomic E-state index is 13.3. The number of morpholine rings is 1. The Hall–Kier alpha value is -3.10. The molecule has 2 aliphatic rings. The second-order valence-electron chi connectivity index (χ2n) is 9.38. The first kappa shape index (κ1) is 23.6. The fourth-order valence-electron chi connectivity index (χ4n) is 5.02. The third kappa shape index (κ3) is 5.60. The lowest BCUT2D eigenvalue weighted by Gasteiger charge is -2.34. The van der Waals surface area contributed by atoms with E-state index in [-0.39, 0.29) is 11.9 Å². The Bertz CT molecular complexity index is 1140. The molecule has 0 bridgehead atoms. The monoisotopic (exact) mass is 474 g/mol. The predicted molar refractivity (Wildman–Crippen MR) is 137 cm³/mol. The number of hydrogen-bond acceptors (Lipinski definition) is 7. The number of nitrogens with zero attached hydrogens (tertiary/aromatic N) is 5. The summed E-state index contributed by atoms with van der Waals surface area (Å²) in [5.41, 5.74) is 2.51. The molecule has 1 N–H and O–H groups in total. The van der Waals surface area contributed by atoms with Crippen LogP contribution in [0.4, 0.5) is 5.82 Å². The molecule has 0 spiro atoms. The fourth-order valence-corrected chi connectivity index (χ4v) is 5.02. The summed E-state index contributed by atoms with van der Waals surface area (Å²) < 4.78 is 5.54. The molecule has 1 aromatic carbocycles. The van der Waals surface area contributed by atoms with E-state index in [4.69, 9.17) is 9.72 Å². The standard InChI is InChI=1S/C27H34N6O2/c1-20-28-17-21(18-29-20)25(32-13-15-35-16-14-32)19-30-27(34)23-7-6-8-24-22(23)9-10-26(31-24)33-11-4-2-3-5-12-33/h6-10,17-18,25H,2-5,11-16,19H2,1H3,(H,30,34). The van der Waals surface area contributed by atoms with Crippen LogP contribution in [0.15, 0.2) is 42.7 Å². The van der Waals surface area contributed by atoms with Crippen molar-refractivity contribution in [3.8, 4) is 0 Å². The smallest absolute Gasteiger partial charge is 0.252 e. The summed E-state index contributed by atoms with van der Waals surface area (Å²) in [5.74, 6) is 1.65. The molecular weight excluding hydrogens is 440 g/mol. The highest BCUT2D eigenvalue weighted by atomic mass is 16.5. The molecule has 8 heteroatoms. The highest BCUT2D eigenvalue weighted by Crippen LogP contribution is 2.24. The number of benzene rings is 1. The summed E-state index contributed by atoms with van der Waals surface area (Å²) in [4.78, 5) is 31.7. The third-order valence-electron chi connectivity index (χ3n) is 7.02. The van der Waals surface area contributed by atoms with E-state index in [1.54, 1.807) is 0 Å². The molecule has 2 fully saturated rings. The van der Waals surface area contributed by atoms with Crippen LogP contribution in [0.3, 0.4) is 0 Å². The van der Waals surface area contributed by atoms with Crippen LogP contribution in [0, 0.1) is 6.92 Å². The molecule has 2 aliphatic heterocycles. The van der Waals surface area contributed by atoms with E-state index in [0.717, 1.165) is 54.3 Å². The fraction of sp³-hybridized carbons (Fsp3) is 0.481. The maximum atomic E-state index is 13.3. The van der Waals surface area contributed by atoms with Gasteiger partial charge in [-0.25, -0.2) is 15.0 Å². The molecule has 0 radical (unpaired) electrons. The summed E-state index contributed by atoms with van der Waals surface area (Å²) in [6.45, 7) is 7.44. The molecule has 5 rings (SSSR count). The van der Waals surface area contributed by atoms with Gasteiger partial charge >= 0.3 is 0 Å². The Balaban J connectivity index is 1.34. The van der Waals surface area contributed by atoms with Crippen LogP contribution < -0.4 is 10.2 Å². The molecule has 2 aromatic heterocycles. The third-order valence-corrected chi connectivity index (χ3v) is 7.02. The SMILES string of the molecule is Cc1ncc(C(CNC(=O)c2cccc3nc(N4CCCCCC4)ccc23)N2CCOCC2)cn1. The van der Waals surface area contributed by atoms with Gasteiger partial charge in [0.05, 0.1) is 24.8 Å². The van der Waals surface area contributed by atoms with Crippen molar-refractivity contribution >= 4 is 22.6 Å². The van der Waals surface area contributed by atoms with Crippen molar-refractivity contribution in [2.75, 3.05) is 50.8 Å². The van der Waals surface area contributed by atoms with Crippen molar-refractivity contribution in [3.05, 3.63) is 59.7 Å². The Kier molecular flexibility index (Phi) is 7.49. The number of hydrogen-bond donors (Lipinski definition) is 1. The van der Waals surface area contributed by atoms with Crippen molar-refractivity contribution in [3.63, 3.8) is 0 Å². The van der Waals surface area contributed by atoms with Crippen molar-refractivity contribution in [2.45, 2.75) is 38.6 Å². The molecule has 2 saturated heterocycles. The van der Waals surface area contributed by atoms with Crippen LogP contribution >= 0.6 is 0 Å². The van der Waals surface area contributed by atoms with Crippen molar-refractivity contribution in [1.82, 2.24) is 25.2 Å². The second-order valence-corrected chi connectivity index (χ2v) is 9.38. The number of pyridine rings is 1. The minimum Gasteiger partial charge on any atom is -0.379 e. The van der Waals surface area contributed by atoms with Gasteiger partial charge in [0.25, 0.3) is 5.91 Å². The molecule has 35 heavy (non-hydrogen) atoms. The Morgan fingerprint density at radius 3 is 2.49 bits per heavy atom. The molecule has 1 unspecified atom stereocenters. The van der Waals surface area contributed by atoms with Crippen LogP contribution in [0.25, 0.3) is 10.9 Å². The summed E-state index contributed by atoms with van der Waals surface area (Å²) in [6, 6.07) is 9.89. The molecule has 184 valence electrons. The normalized spacial score (nSPS) is 18.3. The molecule has 4 heterocycles. The van der Waals surface area contributed by atoms with Crippen LogP contribution in [0.1, 0.15) is 53.5 Å². The number of carbonyl (C=O) groups excluding carboxylic acids is 1. The van der Waals surface area contributed by atoms with E-state index in [1.165, 1.54) is 25.7 Å². The zero-order valence-corrected chi connectivity index (χ0v) is 20.4. The predicted octanol–water partition coefficient (Wildman–Crippen LogP) is 3.52. The summed E-state index contributed by atoms with van der Waals surface area (Å²) in [6.07, 6.45) is 8.71. The van der Waals surface area contributed by atoms with Gasteiger partial charge in [0.1, 0.15) is 11.6 Å². The van der Waals surface area contributed by atoms with Crippen LogP contribution in [0.2, 0.25) is 0 Å². The lowest BCUT2D eigenvalue weighted by atomic mass is 10.1. The van der Waals surface area contributed by atoms with E-state index >= 15 is 0 Å². The van der Waals surface area contributed by atoms with E-state index in [1.807, 2.05) is 43.6 Å². The number of amides is 1. The van der Waals surface area contributed by atoms with E-state index in [2.05, 4.69) is 31.2 Å². The average molecular weight is 475 g/mol. The average Bonchev–Trinajstić information content (AvgIpc) is 3.19. The molecular formula is C27H34N6O2. The molecule has 3 aromatic rings. The van der Waals surface area contributed by atoms with Gasteiger partial charge in [-0.05, 0) is 44.0 Å². The topological polar surface area (TPSA) is 83.5 Å². The largest absolute Gasteiger partial charge is 0.379 e. The number of aryl methyl sites for hydroxylation is 1. The molecule has 0 aliphatic carbocycles. The quantitative estimate of drug-likeness (QED) is 0.585. The Morgan fingerprint density at radius 1 is 1.00 bits per heavy atom. The zero-order valence-electron chi connectivity index (χ0n) is 20.4. The Morgan fingerprint density at radius 2 is 1.74 bits per heavy atom. The molecule has 1 atom stereocenters. The summed E-state index contributed by atoms with van der Waals surface area (Å²) >= 11 is 0. The van der Waals surface area contributed by atoms with Gasteiger partial charge in [-0.1, -0.05) is 18.9 Å². The number of aromatic nitrogens is 3. The van der Waals surface area contributed by atoms with Gasteiger partial charge in [0, 0.05) is 61.6 Å².